The normalized spacial score (nSPS) is 14.3. The number of carboxylic acids is 1. The van der Waals surface area contributed by atoms with Gasteiger partial charge in [0.25, 0.3) is 0 Å². The van der Waals surface area contributed by atoms with Gasteiger partial charge in [0.1, 0.15) is 0 Å². The van der Waals surface area contributed by atoms with Crippen LogP contribution >= 0.6 is 0 Å². The first-order valence-electron chi connectivity index (χ1n) is 8.07. The first kappa shape index (κ1) is 18.4. The van der Waals surface area contributed by atoms with Crippen molar-refractivity contribution in [2.24, 2.45) is 17.6 Å². The van der Waals surface area contributed by atoms with Crippen LogP contribution < -0.4 is 5.73 Å². The lowest BCUT2D eigenvalue weighted by molar-refractivity contribution is -0.137. The number of hydrogen-bond acceptors (Lipinski definition) is 2. The predicted molar refractivity (Wildman–Crippen MR) is 81.2 cm³/mol. The SMILES string of the molecule is CCC(CCCCCN)C(CC)CCCCC(=O)O. The molecule has 0 rings (SSSR count). The maximum atomic E-state index is 10.5. The van der Waals surface area contributed by atoms with Gasteiger partial charge >= 0.3 is 5.97 Å². The highest BCUT2D eigenvalue weighted by atomic mass is 16.4. The molecule has 0 aromatic carbocycles. The summed E-state index contributed by atoms with van der Waals surface area (Å²) in [5.74, 6) is 0.922. The Morgan fingerprint density at radius 1 is 0.947 bits per heavy atom. The zero-order valence-corrected chi connectivity index (χ0v) is 12.9. The molecule has 114 valence electrons. The number of carbonyl (C=O) groups is 1. The minimum Gasteiger partial charge on any atom is -0.481 e. The van der Waals surface area contributed by atoms with Crippen molar-refractivity contribution < 1.29 is 9.90 Å². The molecule has 0 aliphatic carbocycles. The first-order chi connectivity index (χ1) is 9.15. The molecule has 0 heterocycles. The molecule has 0 aliphatic rings. The Bertz CT molecular complexity index is 219. The molecule has 0 saturated carbocycles. The van der Waals surface area contributed by atoms with Gasteiger partial charge in [-0.05, 0) is 31.2 Å². The monoisotopic (exact) mass is 271 g/mol. The van der Waals surface area contributed by atoms with E-state index in [1.54, 1.807) is 0 Å². The van der Waals surface area contributed by atoms with E-state index in [-0.39, 0.29) is 0 Å². The maximum Gasteiger partial charge on any atom is 0.303 e. The smallest absolute Gasteiger partial charge is 0.303 e. The number of unbranched alkanes of at least 4 members (excludes halogenated alkanes) is 3. The fourth-order valence-corrected chi connectivity index (χ4v) is 2.96. The molecule has 2 atom stereocenters. The summed E-state index contributed by atoms with van der Waals surface area (Å²) in [4.78, 5) is 10.5. The fraction of sp³-hybridized carbons (Fsp3) is 0.938. The molecular weight excluding hydrogens is 238 g/mol. The molecule has 0 aliphatic heterocycles. The lowest BCUT2D eigenvalue weighted by atomic mass is 9.81. The summed E-state index contributed by atoms with van der Waals surface area (Å²) in [6.45, 7) is 5.36. The van der Waals surface area contributed by atoms with Crippen molar-refractivity contribution in [1.29, 1.82) is 0 Å². The second-order valence-corrected chi connectivity index (χ2v) is 5.61. The minimum atomic E-state index is -0.665. The average molecular weight is 271 g/mol. The molecule has 0 aromatic heterocycles. The number of hydrogen-bond donors (Lipinski definition) is 2. The number of carboxylic acid groups (broad SMARTS) is 1. The average Bonchev–Trinajstić information content (AvgIpc) is 2.40. The quantitative estimate of drug-likeness (QED) is 0.493. The summed E-state index contributed by atoms with van der Waals surface area (Å²) in [5, 5.41) is 8.65. The van der Waals surface area contributed by atoms with Gasteiger partial charge in [0, 0.05) is 6.42 Å². The Morgan fingerprint density at radius 2 is 1.47 bits per heavy atom. The molecular formula is C16H33NO2. The Morgan fingerprint density at radius 3 is 1.89 bits per heavy atom. The van der Waals surface area contributed by atoms with Crippen molar-refractivity contribution in [3.05, 3.63) is 0 Å². The van der Waals surface area contributed by atoms with Gasteiger partial charge in [0.2, 0.25) is 0 Å². The van der Waals surface area contributed by atoms with Crippen LogP contribution in [0.5, 0.6) is 0 Å². The zero-order chi connectivity index (χ0) is 14.5. The topological polar surface area (TPSA) is 63.3 Å². The molecule has 3 heteroatoms. The summed E-state index contributed by atoms with van der Waals surface area (Å²) in [6, 6.07) is 0. The lowest BCUT2D eigenvalue weighted by Crippen LogP contribution is -2.14. The Balaban J connectivity index is 3.89. The zero-order valence-electron chi connectivity index (χ0n) is 12.9. The van der Waals surface area contributed by atoms with Crippen LogP contribution in [0.1, 0.15) is 78.1 Å². The van der Waals surface area contributed by atoms with Gasteiger partial charge in [-0.1, -0.05) is 58.8 Å². The van der Waals surface area contributed by atoms with Gasteiger partial charge in [-0.2, -0.15) is 0 Å². The summed E-state index contributed by atoms with van der Waals surface area (Å²) in [6.07, 6.45) is 10.9. The lowest BCUT2D eigenvalue weighted by Gasteiger charge is -2.25. The molecule has 0 fully saturated rings. The first-order valence-corrected chi connectivity index (χ1v) is 8.07. The summed E-state index contributed by atoms with van der Waals surface area (Å²) < 4.78 is 0. The standard InChI is InChI=1S/C16H33NO2/c1-3-14(10-6-5-9-13-17)15(4-2)11-7-8-12-16(18)19/h14-15H,3-13,17H2,1-2H3,(H,18,19). The second-order valence-electron chi connectivity index (χ2n) is 5.61. The van der Waals surface area contributed by atoms with Gasteiger partial charge in [0.05, 0.1) is 0 Å². The molecule has 0 radical (unpaired) electrons. The highest BCUT2D eigenvalue weighted by Gasteiger charge is 2.17. The molecule has 0 aromatic rings. The van der Waals surface area contributed by atoms with Crippen LogP contribution in [0.25, 0.3) is 0 Å². The molecule has 2 unspecified atom stereocenters. The molecule has 0 amide bonds. The summed E-state index contributed by atoms with van der Waals surface area (Å²) in [7, 11) is 0. The van der Waals surface area contributed by atoms with Crippen molar-refractivity contribution >= 4 is 5.97 Å². The van der Waals surface area contributed by atoms with Crippen molar-refractivity contribution in [3.63, 3.8) is 0 Å². The van der Waals surface area contributed by atoms with Gasteiger partial charge in [-0.3, -0.25) is 4.79 Å². The Hall–Kier alpha value is -0.570. The van der Waals surface area contributed by atoms with Gasteiger partial charge in [0.15, 0.2) is 0 Å². The van der Waals surface area contributed by atoms with Gasteiger partial charge < -0.3 is 10.8 Å². The van der Waals surface area contributed by atoms with Crippen LogP contribution in [0, 0.1) is 11.8 Å². The van der Waals surface area contributed by atoms with E-state index in [0.717, 1.165) is 37.6 Å². The molecule has 0 bridgehead atoms. The van der Waals surface area contributed by atoms with Crippen LogP contribution in [0.3, 0.4) is 0 Å². The number of rotatable bonds is 13. The van der Waals surface area contributed by atoms with Crippen molar-refractivity contribution in [2.45, 2.75) is 78.1 Å². The maximum absolute atomic E-state index is 10.5. The molecule has 0 saturated heterocycles. The molecule has 3 N–H and O–H groups in total. The van der Waals surface area contributed by atoms with Gasteiger partial charge in [-0.25, -0.2) is 0 Å². The summed E-state index contributed by atoms with van der Waals surface area (Å²) in [5.41, 5.74) is 5.52. The number of nitrogens with two attached hydrogens (primary N) is 1. The van der Waals surface area contributed by atoms with Crippen molar-refractivity contribution in [3.8, 4) is 0 Å². The van der Waals surface area contributed by atoms with Crippen LogP contribution in [-0.4, -0.2) is 17.6 Å². The van der Waals surface area contributed by atoms with E-state index in [1.165, 1.54) is 38.5 Å². The van der Waals surface area contributed by atoms with Crippen LogP contribution in [0.4, 0.5) is 0 Å². The minimum absolute atomic E-state index is 0.323. The van der Waals surface area contributed by atoms with Crippen molar-refractivity contribution in [2.75, 3.05) is 6.54 Å². The molecule has 0 spiro atoms. The van der Waals surface area contributed by atoms with Gasteiger partial charge in [-0.15, -0.1) is 0 Å². The number of aliphatic carboxylic acids is 1. The third-order valence-corrected chi connectivity index (χ3v) is 4.21. The highest BCUT2D eigenvalue weighted by Crippen LogP contribution is 2.29. The van der Waals surface area contributed by atoms with Crippen LogP contribution in [0.2, 0.25) is 0 Å². The molecule has 3 nitrogen and oxygen atoms in total. The second kappa shape index (κ2) is 12.5. The van der Waals surface area contributed by atoms with E-state index in [9.17, 15) is 4.79 Å². The van der Waals surface area contributed by atoms with Crippen LogP contribution in [0.15, 0.2) is 0 Å². The molecule has 19 heavy (non-hydrogen) atoms. The fourth-order valence-electron chi connectivity index (χ4n) is 2.96. The highest BCUT2D eigenvalue weighted by molar-refractivity contribution is 5.66. The van der Waals surface area contributed by atoms with Crippen LogP contribution in [-0.2, 0) is 4.79 Å². The van der Waals surface area contributed by atoms with E-state index in [0.29, 0.717) is 6.42 Å². The van der Waals surface area contributed by atoms with E-state index < -0.39 is 5.97 Å². The van der Waals surface area contributed by atoms with Crippen molar-refractivity contribution in [1.82, 2.24) is 0 Å². The van der Waals surface area contributed by atoms with E-state index in [2.05, 4.69) is 13.8 Å². The Labute approximate surface area is 119 Å². The third kappa shape index (κ3) is 9.94. The largest absolute Gasteiger partial charge is 0.481 e. The third-order valence-electron chi connectivity index (χ3n) is 4.21. The Kier molecular flexibility index (Phi) is 12.1. The van der Waals surface area contributed by atoms with E-state index >= 15 is 0 Å². The predicted octanol–water partition coefficient (Wildman–Crippen LogP) is 4.20. The van der Waals surface area contributed by atoms with E-state index in [1.807, 2.05) is 0 Å². The van der Waals surface area contributed by atoms with E-state index in [4.69, 9.17) is 10.8 Å². The summed E-state index contributed by atoms with van der Waals surface area (Å²) >= 11 is 0.